The number of halogens is 5. The lowest BCUT2D eigenvalue weighted by atomic mass is 9.84. The molecule has 28 heavy (non-hydrogen) atoms. The lowest BCUT2D eigenvalue weighted by molar-refractivity contribution is -0.671. The minimum absolute atomic E-state index is 0. The third kappa shape index (κ3) is 2.89. The van der Waals surface area contributed by atoms with E-state index in [-0.39, 0.29) is 24.0 Å². The van der Waals surface area contributed by atoms with Crippen molar-refractivity contribution >= 4 is 63.4 Å². The van der Waals surface area contributed by atoms with Crippen molar-refractivity contribution in [1.29, 1.82) is 0 Å². The van der Waals surface area contributed by atoms with E-state index >= 15 is 8.63 Å². The van der Waals surface area contributed by atoms with Crippen LogP contribution in [0.5, 0.6) is 0 Å². The molecule has 0 saturated heterocycles. The Balaban J connectivity index is 0.00000225. The molecule has 9 heteroatoms. The number of allylic oxidation sites excluding steroid dienone is 2. The van der Waals surface area contributed by atoms with E-state index < -0.39 is 6.97 Å². The Morgan fingerprint density at radius 1 is 1.11 bits per heavy atom. The molecule has 0 N–H and O–H groups in total. The molecule has 3 nitrogen and oxygen atoms in total. The lowest BCUT2D eigenvalue weighted by Gasteiger charge is -2.33. The van der Waals surface area contributed by atoms with Crippen molar-refractivity contribution in [1.82, 2.24) is 4.48 Å². The van der Waals surface area contributed by atoms with Gasteiger partial charge >= 0.3 is 6.97 Å². The summed E-state index contributed by atoms with van der Waals surface area (Å²) in [4.78, 5) is 0. The van der Waals surface area contributed by atoms with Crippen LogP contribution in [0.1, 0.15) is 36.4 Å². The van der Waals surface area contributed by atoms with Gasteiger partial charge in [0.15, 0.2) is 18.1 Å². The second-order valence-corrected chi connectivity index (χ2v) is 9.36. The van der Waals surface area contributed by atoms with Gasteiger partial charge in [0.1, 0.15) is 12.8 Å². The predicted molar refractivity (Wildman–Crippen MR) is 121 cm³/mol. The van der Waals surface area contributed by atoms with E-state index in [4.69, 9.17) is 0 Å². The maximum Gasteiger partial charge on any atom is 0.737 e. The molecule has 2 aliphatic rings. The first-order chi connectivity index (χ1) is 12.6. The van der Waals surface area contributed by atoms with Crippen molar-refractivity contribution in [3.8, 4) is 0 Å². The average Bonchev–Trinajstić information content (AvgIpc) is 2.97. The second-order valence-electron chi connectivity index (χ2n) is 7.21. The molecule has 2 aliphatic heterocycles. The molecule has 4 rings (SSSR count). The van der Waals surface area contributed by atoms with Gasteiger partial charge in [-0.15, -0.1) is 0 Å². The molecule has 0 atom stereocenters. The highest BCUT2D eigenvalue weighted by atomic mass is 127. The van der Waals surface area contributed by atoms with Crippen LogP contribution in [0.2, 0.25) is 0 Å². The van der Waals surface area contributed by atoms with E-state index in [0.717, 1.165) is 29.4 Å². The highest BCUT2D eigenvalue weighted by Crippen LogP contribution is 2.47. The van der Waals surface area contributed by atoms with Gasteiger partial charge in [-0.3, -0.25) is 0 Å². The van der Waals surface area contributed by atoms with Crippen LogP contribution in [0.25, 0.3) is 5.57 Å². The van der Waals surface area contributed by atoms with Gasteiger partial charge in [-0.25, -0.2) is 4.57 Å². The van der Waals surface area contributed by atoms with Gasteiger partial charge in [-0.1, -0.05) is 0 Å². The minimum atomic E-state index is -3.95. The fourth-order valence-electron chi connectivity index (χ4n) is 4.29. The van der Waals surface area contributed by atoms with E-state index in [9.17, 15) is 0 Å². The standard InChI is InChI=1S/C19H19BF2I2N3.HI/c1-10-16(23)12(3)26-18(10)15(14-7-6-8-25(5)9-14)19-11(2)17(24)13(4)27(19)20(26,21)22;/h6-9H,1-5H3;1H/q+1;/p-1. The third-order valence-corrected chi connectivity index (χ3v) is 8.71. The summed E-state index contributed by atoms with van der Waals surface area (Å²) < 4.78 is 38.0. The maximum absolute atomic E-state index is 15.8. The summed E-state index contributed by atoms with van der Waals surface area (Å²) in [6.45, 7) is 3.52. The van der Waals surface area contributed by atoms with Gasteiger partial charge < -0.3 is 41.6 Å². The molecule has 0 unspecified atom stereocenters. The molecule has 0 bridgehead atoms. The van der Waals surface area contributed by atoms with Gasteiger partial charge in [-0.2, -0.15) is 0 Å². The summed E-state index contributed by atoms with van der Waals surface area (Å²) in [5.41, 5.74) is 6.17. The first-order valence-electron chi connectivity index (χ1n) is 8.68. The van der Waals surface area contributed by atoms with Crippen molar-refractivity contribution < 1.29 is 41.7 Å². The molecule has 2 aromatic heterocycles. The third-order valence-electron chi connectivity index (χ3n) is 5.53. The van der Waals surface area contributed by atoms with Gasteiger partial charge in [0.2, 0.25) is 0 Å². The molecule has 0 aromatic carbocycles. The van der Waals surface area contributed by atoms with Crippen LogP contribution in [-0.2, 0) is 7.05 Å². The molecule has 4 heterocycles. The Morgan fingerprint density at radius 2 is 1.75 bits per heavy atom. The number of nitrogens with zero attached hydrogens (tertiary/aromatic N) is 3. The van der Waals surface area contributed by atoms with Crippen molar-refractivity contribution in [3.63, 3.8) is 0 Å². The lowest BCUT2D eigenvalue weighted by Crippen LogP contribution is -3.00. The van der Waals surface area contributed by atoms with Gasteiger partial charge in [0.25, 0.3) is 0 Å². The smallest absolute Gasteiger partial charge is 0.737 e. The number of aromatic nitrogens is 2. The predicted octanol–water partition coefficient (Wildman–Crippen LogP) is 1.73. The fraction of sp³-hybridized carbons (Fsp3) is 0.263. The van der Waals surface area contributed by atoms with Gasteiger partial charge in [0, 0.05) is 27.8 Å². The quantitative estimate of drug-likeness (QED) is 0.242. The summed E-state index contributed by atoms with van der Waals surface area (Å²) in [5.74, 6) is 0. The Labute approximate surface area is 208 Å². The molecular weight excluding hydrogens is 700 g/mol. The van der Waals surface area contributed by atoms with Crippen LogP contribution in [0.4, 0.5) is 8.63 Å². The first-order valence-corrected chi connectivity index (χ1v) is 10.8. The average molecular weight is 719 g/mol. The summed E-state index contributed by atoms with van der Waals surface area (Å²) >= 11 is 4.38. The summed E-state index contributed by atoms with van der Waals surface area (Å²) in [6.07, 6.45) is 3.96. The highest BCUT2D eigenvalue weighted by molar-refractivity contribution is 14.1. The zero-order valence-electron chi connectivity index (χ0n) is 16.1. The Kier molecular flexibility index (Phi) is 5.94. The number of hydrogen-bond donors (Lipinski definition) is 0. The van der Waals surface area contributed by atoms with Crippen molar-refractivity contribution in [2.24, 2.45) is 7.05 Å². The van der Waals surface area contributed by atoms with Gasteiger partial charge in [-0.05, 0) is 83.3 Å². The Morgan fingerprint density at radius 3 is 2.36 bits per heavy atom. The fourth-order valence-corrected chi connectivity index (χ4v) is 5.32. The molecule has 0 saturated carbocycles. The summed E-state index contributed by atoms with van der Waals surface area (Å²) in [5, 5.41) is 0. The summed E-state index contributed by atoms with van der Waals surface area (Å²) in [6, 6.07) is 3.96. The zero-order valence-corrected chi connectivity index (χ0v) is 22.6. The second kappa shape index (κ2) is 7.43. The minimum Gasteiger partial charge on any atom is -1.00 e. The molecule has 0 aliphatic carbocycles. The molecule has 2 aromatic rings. The van der Waals surface area contributed by atoms with Gasteiger partial charge in [0.05, 0.1) is 14.7 Å². The SMILES string of the molecule is CC1=C(I)C(C)=[N+]2C1=C(c1ccc[n+](C)c1)c1c(C)c(I)c(C)n1[B-]2(F)F.[I-]. The first kappa shape index (κ1) is 22.4. The van der Waals surface area contributed by atoms with E-state index in [1.165, 1.54) is 8.96 Å². The number of fused-ring (bicyclic) bond motifs is 2. The van der Waals surface area contributed by atoms with Crippen LogP contribution >= 0.6 is 45.2 Å². The molecule has 0 spiro atoms. The monoisotopic (exact) mass is 719 g/mol. The van der Waals surface area contributed by atoms with E-state index in [1.807, 2.05) is 50.0 Å². The Bertz CT molecular complexity index is 1130. The van der Waals surface area contributed by atoms with Crippen LogP contribution in [0.3, 0.4) is 0 Å². The molecular formula is C19H19BF2I3N3. The number of rotatable bonds is 1. The van der Waals surface area contributed by atoms with Crippen LogP contribution < -0.4 is 28.5 Å². The molecule has 0 amide bonds. The van der Waals surface area contributed by atoms with E-state index in [1.54, 1.807) is 13.8 Å². The normalized spacial score (nSPS) is 17.8. The number of pyridine rings is 1. The maximum atomic E-state index is 15.8. The van der Waals surface area contributed by atoms with Crippen molar-refractivity contribution in [3.05, 3.63) is 65.5 Å². The Hall–Kier alpha value is -0.305. The number of hydrogen-bond acceptors (Lipinski definition) is 0. The summed E-state index contributed by atoms with van der Waals surface area (Å²) in [7, 11) is 1.95. The molecule has 0 fully saturated rings. The molecule has 0 radical (unpaired) electrons. The van der Waals surface area contributed by atoms with E-state index in [0.29, 0.717) is 22.8 Å². The van der Waals surface area contributed by atoms with Crippen molar-refractivity contribution in [2.45, 2.75) is 27.7 Å². The number of aryl methyl sites for hydroxylation is 1. The van der Waals surface area contributed by atoms with Crippen LogP contribution in [0, 0.1) is 17.4 Å². The topological polar surface area (TPSA) is 11.8 Å². The highest BCUT2D eigenvalue weighted by Gasteiger charge is 2.56. The van der Waals surface area contributed by atoms with Crippen molar-refractivity contribution in [2.75, 3.05) is 0 Å². The molecule has 148 valence electrons. The van der Waals surface area contributed by atoms with Crippen LogP contribution in [0.15, 0.2) is 39.4 Å². The van der Waals surface area contributed by atoms with E-state index in [2.05, 4.69) is 45.2 Å². The largest absolute Gasteiger partial charge is 1.00 e. The zero-order chi connectivity index (χ0) is 19.8. The van der Waals surface area contributed by atoms with Crippen LogP contribution in [-0.4, -0.2) is 21.6 Å².